The van der Waals surface area contributed by atoms with Gasteiger partial charge < -0.3 is 15.1 Å². The summed E-state index contributed by atoms with van der Waals surface area (Å²) in [4.78, 5) is 18.3. The lowest BCUT2D eigenvalue weighted by atomic mass is 10.1. The number of hydrogen-bond acceptors (Lipinski definition) is 4. The summed E-state index contributed by atoms with van der Waals surface area (Å²) in [6.45, 7) is 6.94. The van der Waals surface area contributed by atoms with Gasteiger partial charge in [0.25, 0.3) is 5.91 Å². The van der Waals surface area contributed by atoms with Gasteiger partial charge in [0.2, 0.25) is 5.76 Å². The van der Waals surface area contributed by atoms with E-state index in [1.54, 1.807) is 13.8 Å². The summed E-state index contributed by atoms with van der Waals surface area (Å²) in [7, 11) is 0. The van der Waals surface area contributed by atoms with Gasteiger partial charge in [-0.1, -0.05) is 0 Å². The van der Waals surface area contributed by atoms with Crippen molar-refractivity contribution in [3.8, 4) is 0 Å². The summed E-state index contributed by atoms with van der Waals surface area (Å²) < 4.78 is 5.37. The minimum absolute atomic E-state index is 0.0634. The average Bonchev–Trinajstić information content (AvgIpc) is 2.81. The Morgan fingerprint density at radius 1 is 1.59 bits per heavy atom. The summed E-state index contributed by atoms with van der Waals surface area (Å²) in [5, 5.41) is 0. The number of aromatic nitrogens is 1. The van der Waals surface area contributed by atoms with E-state index in [0.29, 0.717) is 29.8 Å². The van der Waals surface area contributed by atoms with Crippen molar-refractivity contribution < 1.29 is 9.21 Å². The Morgan fingerprint density at radius 2 is 2.29 bits per heavy atom. The summed E-state index contributed by atoms with van der Waals surface area (Å²) in [6, 6.07) is 0.223. The van der Waals surface area contributed by atoms with E-state index in [0.717, 1.165) is 13.0 Å². The van der Waals surface area contributed by atoms with Crippen LogP contribution in [0.25, 0.3) is 0 Å². The number of aryl methyl sites for hydroxylation is 2. The molecule has 1 aliphatic rings. The number of amides is 1. The monoisotopic (exact) mass is 237 g/mol. The van der Waals surface area contributed by atoms with Crippen LogP contribution in [0.3, 0.4) is 0 Å². The third kappa shape index (κ3) is 2.20. The van der Waals surface area contributed by atoms with Crippen molar-refractivity contribution in [3.63, 3.8) is 0 Å². The molecule has 0 bridgehead atoms. The fourth-order valence-electron chi connectivity index (χ4n) is 2.46. The number of nitrogens with zero attached hydrogens (tertiary/aromatic N) is 2. The van der Waals surface area contributed by atoms with Crippen LogP contribution in [0.1, 0.15) is 35.5 Å². The maximum absolute atomic E-state index is 12.3. The van der Waals surface area contributed by atoms with Crippen LogP contribution < -0.4 is 5.73 Å². The number of carbonyl (C=O) groups excluding carboxylic acids is 1. The lowest BCUT2D eigenvalue weighted by molar-refractivity contribution is 0.0708. The van der Waals surface area contributed by atoms with Gasteiger partial charge in [0, 0.05) is 19.5 Å². The standard InChI is InChI=1S/C12H19N3O2/c1-7-4-10(5-13)6-15(7)12(16)11-8(2)14-9(3)17-11/h7,10H,4-6,13H2,1-3H3. The molecule has 1 fully saturated rings. The van der Waals surface area contributed by atoms with E-state index in [9.17, 15) is 4.79 Å². The summed E-state index contributed by atoms with van der Waals surface area (Å²) >= 11 is 0. The zero-order valence-corrected chi connectivity index (χ0v) is 10.6. The van der Waals surface area contributed by atoms with Gasteiger partial charge in [-0.05, 0) is 32.7 Å². The van der Waals surface area contributed by atoms with Crippen LogP contribution in [-0.4, -0.2) is 34.9 Å². The number of hydrogen-bond donors (Lipinski definition) is 1. The van der Waals surface area contributed by atoms with Crippen LogP contribution in [0.15, 0.2) is 4.42 Å². The van der Waals surface area contributed by atoms with Crippen molar-refractivity contribution >= 4 is 5.91 Å². The lowest BCUT2D eigenvalue weighted by Crippen LogP contribution is -2.34. The van der Waals surface area contributed by atoms with Crippen LogP contribution in [0.4, 0.5) is 0 Å². The molecule has 2 unspecified atom stereocenters. The maximum atomic E-state index is 12.3. The first kappa shape index (κ1) is 12.1. The van der Waals surface area contributed by atoms with E-state index < -0.39 is 0 Å². The molecule has 1 aromatic heterocycles. The average molecular weight is 237 g/mol. The smallest absolute Gasteiger partial charge is 0.291 e. The van der Waals surface area contributed by atoms with Gasteiger partial charge in [-0.3, -0.25) is 4.79 Å². The number of carbonyl (C=O) groups is 1. The lowest BCUT2D eigenvalue weighted by Gasteiger charge is -2.20. The maximum Gasteiger partial charge on any atom is 0.291 e. The van der Waals surface area contributed by atoms with Crippen LogP contribution >= 0.6 is 0 Å². The molecule has 2 rings (SSSR count). The van der Waals surface area contributed by atoms with Crippen LogP contribution in [0.5, 0.6) is 0 Å². The zero-order valence-electron chi connectivity index (χ0n) is 10.6. The van der Waals surface area contributed by atoms with Gasteiger partial charge in [0.05, 0.1) is 5.69 Å². The molecule has 0 aliphatic carbocycles. The van der Waals surface area contributed by atoms with Crippen LogP contribution in [0.2, 0.25) is 0 Å². The van der Waals surface area contributed by atoms with Crippen LogP contribution in [-0.2, 0) is 0 Å². The Kier molecular flexibility index (Phi) is 3.19. The third-order valence-electron chi connectivity index (χ3n) is 3.35. The molecule has 94 valence electrons. The Bertz CT molecular complexity index is 427. The molecular formula is C12H19N3O2. The second-order valence-electron chi connectivity index (χ2n) is 4.79. The minimum Gasteiger partial charge on any atom is -0.436 e. The first-order chi connectivity index (χ1) is 8.02. The quantitative estimate of drug-likeness (QED) is 0.836. The highest BCUT2D eigenvalue weighted by Crippen LogP contribution is 2.25. The Labute approximate surface area is 101 Å². The van der Waals surface area contributed by atoms with Crippen molar-refractivity contribution in [3.05, 3.63) is 17.3 Å². The van der Waals surface area contributed by atoms with Gasteiger partial charge in [0.1, 0.15) is 0 Å². The molecule has 0 radical (unpaired) electrons. The summed E-state index contributed by atoms with van der Waals surface area (Å²) in [5.41, 5.74) is 6.32. The molecule has 0 saturated carbocycles. The van der Waals surface area contributed by atoms with Gasteiger partial charge in [-0.2, -0.15) is 0 Å². The largest absolute Gasteiger partial charge is 0.436 e. The van der Waals surface area contributed by atoms with Gasteiger partial charge in [-0.25, -0.2) is 4.98 Å². The van der Waals surface area contributed by atoms with Crippen molar-refractivity contribution in [2.24, 2.45) is 11.7 Å². The van der Waals surface area contributed by atoms with E-state index in [2.05, 4.69) is 4.98 Å². The number of rotatable bonds is 2. The van der Waals surface area contributed by atoms with E-state index >= 15 is 0 Å². The van der Waals surface area contributed by atoms with Gasteiger partial charge in [0.15, 0.2) is 5.89 Å². The number of nitrogens with two attached hydrogens (primary N) is 1. The second kappa shape index (κ2) is 4.49. The third-order valence-corrected chi connectivity index (χ3v) is 3.35. The summed E-state index contributed by atoms with van der Waals surface area (Å²) in [6.07, 6.45) is 0.967. The molecule has 0 aromatic carbocycles. The molecule has 1 saturated heterocycles. The molecule has 17 heavy (non-hydrogen) atoms. The van der Waals surface area contributed by atoms with E-state index in [1.807, 2.05) is 11.8 Å². The van der Waals surface area contributed by atoms with Crippen molar-refractivity contribution in [2.75, 3.05) is 13.1 Å². The van der Waals surface area contributed by atoms with Gasteiger partial charge >= 0.3 is 0 Å². The van der Waals surface area contributed by atoms with Crippen molar-refractivity contribution in [1.29, 1.82) is 0 Å². The minimum atomic E-state index is -0.0634. The first-order valence-corrected chi connectivity index (χ1v) is 5.98. The molecule has 2 N–H and O–H groups in total. The Balaban J connectivity index is 2.18. The molecule has 5 heteroatoms. The van der Waals surface area contributed by atoms with Crippen molar-refractivity contribution in [1.82, 2.24) is 9.88 Å². The molecule has 0 spiro atoms. The molecule has 1 amide bonds. The fourth-order valence-corrected chi connectivity index (χ4v) is 2.46. The number of likely N-dealkylation sites (tertiary alicyclic amines) is 1. The molecule has 5 nitrogen and oxygen atoms in total. The molecular weight excluding hydrogens is 218 g/mol. The zero-order chi connectivity index (χ0) is 12.6. The normalized spacial score (nSPS) is 24.4. The van der Waals surface area contributed by atoms with Gasteiger partial charge in [-0.15, -0.1) is 0 Å². The highest BCUT2D eigenvalue weighted by molar-refractivity contribution is 5.92. The molecule has 2 heterocycles. The number of oxazole rings is 1. The SMILES string of the molecule is Cc1nc(C)c(C(=O)N2CC(CN)CC2C)o1. The fraction of sp³-hybridized carbons (Fsp3) is 0.667. The summed E-state index contributed by atoms with van der Waals surface area (Å²) in [5.74, 6) is 1.24. The highest BCUT2D eigenvalue weighted by Gasteiger charge is 2.34. The second-order valence-corrected chi connectivity index (χ2v) is 4.79. The molecule has 2 atom stereocenters. The Hall–Kier alpha value is -1.36. The Morgan fingerprint density at radius 3 is 2.76 bits per heavy atom. The molecule has 1 aliphatic heterocycles. The van der Waals surface area contributed by atoms with E-state index in [4.69, 9.17) is 10.2 Å². The predicted molar refractivity (Wildman–Crippen MR) is 63.6 cm³/mol. The highest BCUT2D eigenvalue weighted by atomic mass is 16.4. The topological polar surface area (TPSA) is 72.4 Å². The van der Waals surface area contributed by atoms with E-state index in [-0.39, 0.29) is 11.9 Å². The van der Waals surface area contributed by atoms with Crippen LogP contribution in [0, 0.1) is 19.8 Å². The van der Waals surface area contributed by atoms with E-state index in [1.165, 1.54) is 0 Å². The van der Waals surface area contributed by atoms with Crippen molar-refractivity contribution in [2.45, 2.75) is 33.2 Å². The predicted octanol–water partition coefficient (Wildman–Crippen LogP) is 1.10. The first-order valence-electron chi connectivity index (χ1n) is 5.98. The molecule has 1 aromatic rings.